The van der Waals surface area contributed by atoms with Crippen LogP contribution in [0.4, 0.5) is 0 Å². The Morgan fingerprint density at radius 3 is 2.63 bits per heavy atom. The number of nitrogens with zero attached hydrogens (tertiary/aromatic N) is 3. The number of hydrogen-bond donors (Lipinski definition) is 0. The van der Waals surface area contributed by atoms with Crippen LogP contribution in [-0.2, 0) is 30.0 Å². The van der Waals surface area contributed by atoms with E-state index in [9.17, 15) is 8.42 Å². The normalized spacial score (nSPS) is 16.3. The molecule has 2 heterocycles. The van der Waals surface area contributed by atoms with E-state index >= 15 is 0 Å². The number of aromatic nitrogens is 2. The Morgan fingerprint density at radius 1 is 1.21 bits per heavy atom. The van der Waals surface area contributed by atoms with Gasteiger partial charge in [-0.15, -0.1) is 0 Å². The molecule has 0 spiro atoms. The molecule has 1 aromatic carbocycles. The van der Waals surface area contributed by atoms with Gasteiger partial charge in [-0.1, -0.05) is 24.3 Å². The van der Waals surface area contributed by atoms with Gasteiger partial charge in [-0.05, 0) is 17.5 Å². The summed E-state index contributed by atoms with van der Waals surface area (Å²) in [6, 6.07) is 7.98. The second-order valence-electron chi connectivity index (χ2n) is 4.70. The Morgan fingerprint density at radius 2 is 1.95 bits per heavy atom. The third-order valence-corrected chi connectivity index (χ3v) is 5.39. The summed E-state index contributed by atoms with van der Waals surface area (Å²) in [6.45, 7) is 0.953. The molecule has 0 bridgehead atoms. The van der Waals surface area contributed by atoms with E-state index in [0.29, 0.717) is 13.1 Å². The van der Waals surface area contributed by atoms with Gasteiger partial charge in [-0.2, -0.15) is 4.31 Å². The fourth-order valence-electron chi connectivity index (χ4n) is 2.40. The average Bonchev–Trinajstić information content (AvgIpc) is 2.85. The van der Waals surface area contributed by atoms with E-state index in [1.807, 2.05) is 18.2 Å². The van der Waals surface area contributed by atoms with Crippen LogP contribution in [0.3, 0.4) is 0 Å². The Hall–Kier alpha value is -1.66. The molecule has 2 aromatic rings. The standard InChI is InChI=1S/C13H15N3O2S/c1-15-10-14-8-13(15)19(17,18)16-7-6-11-4-2-3-5-12(11)9-16/h2-5,8,10H,6-7,9H2,1H3. The molecule has 0 saturated heterocycles. The van der Waals surface area contributed by atoms with Crippen LogP contribution in [0.15, 0.2) is 41.8 Å². The molecule has 1 aliphatic rings. The molecule has 0 amide bonds. The zero-order valence-corrected chi connectivity index (χ0v) is 11.5. The molecular weight excluding hydrogens is 262 g/mol. The molecule has 0 N–H and O–H groups in total. The second-order valence-corrected chi connectivity index (χ2v) is 6.58. The van der Waals surface area contributed by atoms with E-state index in [0.717, 1.165) is 12.0 Å². The van der Waals surface area contributed by atoms with Crippen molar-refractivity contribution in [1.29, 1.82) is 0 Å². The van der Waals surface area contributed by atoms with Crippen molar-refractivity contribution in [3.8, 4) is 0 Å². The second kappa shape index (κ2) is 4.47. The Bertz CT molecular complexity index is 706. The topological polar surface area (TPSA) is 55.2 Å². The Balaban J connectivity index is 1.95. The summed E-state index contributed by atoms with van der Waals surface area (Å²) in [6.07, 6.45) is 3.66. The molecular formula is C13H15N3O2S. The maximum Gasteiger partial charge on any atom is 0.260 e. The minimum Gasteiger partial charge on any atom is -0.324 e. The summed E-state index contributed by atoms with van der Waals surface area (Å²) in [4.78, 5) is 3.88. The fraction of sp³-hybridized carbons (Fsp3) is 0.308. The highest BCUT2D eigenvalue weighted by molar-refractivity contribution is 7.89. The van der Waals surface area contributed by atoms with Gasteiger partial charge in [0.05, 0.1) is 12.5 Å². The zero-order chi connectivity index (χ0) is 13.5. The van der Waals surface area contributed by atoms with E-state index in [2.05, 4.69) is 11.1 Å². The van der Waals surface area contributed by atoms with Gasteiger partial charge in [0.15, 0.2) is 5.03 Å². The van der Waals surface area contributed by atoms with Crippen molar-refractivity contribution < 1.29 is 8.42 Å². The van der Waals surface area contributed by atoms with Crippen LogP contribution >= 0.6 is 0 Å². The van der Waals surface area contributed by atoms with Gasteiger partial charge < -0.3 is 4.57 Å². The molecule has 1 aliphatic heterocycles. The number of rotatable bonds is 2. The summed E-state index contributed by atoms with van der Waals surface area (Å²) in [5.74, 6) is 0. The van der Waals surface area contributed by atoms with Crippen molar-refractivity contribution in [2.45, 2.75) is 18.0 Å². The summed E-state index contributed by atoms with van der Waals surface area (Å²) in [7, 11) is -1.77. The maximum atomic E-state index is 12.5. The molecule has 0 aliphatic carbocycles. The molecule has 0 saturated carbocycles. The molecule has 0 radical (unpaired) electrons. The number of aryl methyl sites for hydroxylation is 1. The van der Waals surface area contributed by atoms with Gasteiger partial charge in [0.25, 0.3) is 10.0 Å². The van der Waals surface area contributed by atoms with Gasteiger partial charge in [0.1, 0.15) is 0 Å². The first-order chi connectivity index (χ1) is 9.09. The average molecular weight is 277 g/mol. The van der Waals surface area contributed by atoms with Gasteiger partial charge in [0, 0.05) is 20.1 Å². The monoisotopic (exact) mass is 277 g/mol. The van der Waals surface area contributed by atoms with Gasteiger partial charge in [0.2, 0.25) is 0 Å². The molecule has 1 aromatic heterocycles. The first-order valence-electron chi connectivity index (χ1n) is 6.12. The van der Waals surface area contributed by atoms with Gasteiger partial charge in [-0.25, -0.2) is 13.4 Å². The largest absolute Gasteiger partial charge is 0.324 e. The van der Waals surface area contributed by atoms with Crippen LogP contribution in [0.1, 0.15) is 11.1 Å². The lowest BCUT2D eigenvalue weighted by atomic mass is 10.0. The summed E-state index contributed by atoms with van der Waals surface area (Å²) >= 11 is 0. The van der Waals surface area contributed by atoms with Crippen LogP contribution in [-0.4, -0.2) is 28.8 Å². The summed E-state index contributed by atoms with van der Waals surface area (Å²) in [5.41, 5.74) is 2.32. The van der Waals surface area contributed by atoms with E-state index in [-0.39, 0.29) is 5.03 Å². The molecule has 19 heavy (non-hydrogen) atoms. The van der Waals surface area contributed by atoms with E-state index in [1.54, 1.807) is 7.05 Å². The zero-order valence-electron chi connectivity index (χ0n) is 10.7. The van der Waals surface area contributed by atoms with Gasteiger partial charge >= 0.3 is 0 Å². The lowest BCUT2D eigenvalue weighted by Gasteiger charge is -2.27. The van der Waals surface area contributed by atoms with E-state index in [1.165, 1.54) is 27.0 Å². The van der Waals surface area contributed by atoms with Crippen molar-refractivity contribution in [1.82, 2.24) is 13.9 Å². The van der Waals surface area contributed by atoms with Crippen LogP contribution in [0, 0.1) is 0 Å². The molecule has 5 nitrogen and oxygen atoms in total. The highest BCUT2D eigenvalue weighted by atomic mass is 32.2. The number of fused-ring (bicyclic) bond motifs is 1. The van der Waals surface area contributed by atoms with Crippen molar-refractivity contribution in [2.24, 2.45) is 7.05 Å². The van der Waals surface area contributed by atoms with Crippen molar-refractivity contribution >= 4 is 10.0 Å². The van der Waals surface area contributed by atoms with Gasteiger partial charge in [-0.3, -0.25) is 0 Å². The predicted molar refractivity (Wildman–Crippen MR) is 70.9 cm³/mol. The molecule has 0 fully saturated rings. The highest BCUT2D eigenvalue weighted by Crippen LogP contribution is 2.24. The molecule has 0 unspecified atom stereocenters. The summed E-state index contributed by atoms with van der Waals surface area (Å²) in [5, 5.41) is 0.242. The molecule has 3 rings (SSSR count). The highest BCUT2D eigenvalue weighted by Gasteiger charge is 2.30. The quantitative estimate of drug-likeness (QED) is 0.828. The smallest absolute Gasteiger partial charge is 0.260 e. The first-order valence-corrected chi connectivity index (χ1v) is 7.56. The Kier molecular flexibility index (Phi) is 2.91. The van der Waals surface area contributed by atoms with Crippen molar-refractivity contribution in [3.05, 3.63) is 47.9 Å². The predicted octanol–water partition coefficient (Wildman–Crippen LogP) is 1.17. The molecule has 6 heteroatoms. The third-order valence-electron chi connectivity index (χ3n) is 3.47. The number of imidazole rings is 1. The summed E-state index contributed by atoms with van der Waals surface area (Å²) < 4.78 is 28.1. The fourth-order valence-corrected chi connectivity index (χ4v) is 3.91. The lowest BCUT2D eigenvalue weighted by Crippen LogP contribution is -2.36. The van der Waals surface area contributed by atoms with Crippen molar-refractivity contribution in [3.63, 3.8) is 0 Å². The van der Waals surface area contributed by atoms with E-state index in [4.69, 9.17) is 0 Å². The van der Waals surface area contributed by atoms with Crippen LogP contribution in [0.5, 0.6) is 0 Å². The minimum absolute atomic E-state index is 0.242. The molecule has 0 atom stereocenters. The number of sulfonamides is 1. The lowest BCUT2D eigenvalue weighted by molar-refractivity contribution is 0.388. The maximum absolute atomic E-state index is 12.5. The minimum atomic E-state index is -3.46. The van der Waals surface area contributed by atoms with Crippen LogP contribution in [0.2, 0.25) is 0 Å². The number of hydrogen-bond acceptors (Lipinski definition) is 3. The third kappa shape index (κ3) is 2.06. The Labute approximate surface area is 112 Å². The SMILES string of the molecule is Cn1cncc1S(=O)(=O)N1CCc2ccccc2C1. The molecule has 100 valence electrons. The van der Waals surface area contributed by atoms with Crippen LogP contribution in [0.25, 0.3) is 0 Å². The van der Waals surface area contributed by atoms with Crippen molar-refractivity contribution in [2.75, 3.05) is 6.54 Å². The van der Waals surface area contributed by atoms with E-state index < -0.39 is 10.0 Å². The van der Waals surface area contributed by atoms with Crippen LogP contribution < -0.4 is 0 Å². The first kappa shape index (κ1) is 12.4. The number of benzene rings is 1.